The first-order valence-corrected chi connectivity index (χ1v) is 6.89. The second-order valence-electron chi connectivity index (χ2n) is 5.05. The molecular weight excluding hydrogens is 224 g/mol. The fourth-order valence-electron chi connectivity index (χ4n) is 2.55. The Bertz CT molecular complexity index is 397. The van der Waals surface area contributed by atoms with Crippen molar-refractivity contribution in [3.8, 4) is 0 Å². The smallest absolute Gasteiger partial charge is 0.251 e. The van der Waals surface area contributed by atoms with Crippen molar-refractivity contribution in [1.29, 1.82) is 0 Å². The van der Waals surface area contributed by atoms with E-state index in [0.29, 0.717) is 12.6 Å². The highest BCUT2D eigenvalue weighted by molar-refractivity contribution is 5.94. The summed E-state index contributed by atoms with van der Waals surface area (Å²) in [6.07, 6.45) is 6.84. The second kappa shape index (κ2) is 6.55. The summed E-state index contributed by atoms with van der Waals surface area (Å²) in [5, 5.41) is 3.13. The van der Waals surface area contributed by atoms with Gasteiger partial charge in [-0.3, -0.25) is 4.79 Å². The molecule has 3 nitrogen and oxygen atoms in total. The van der Waals surface area contributed by atoms with Gasteiger partial charge in [0.25, 0.3) is 5.91 Å². The number of hydrogen-bond acceptors (Lipinski definition) is 2. The number of carbonyl (C=O) groups is 1. The first-order chi connectivity index (χ1) is 8.79. The number of benzene rings is 1. The Labute approximate surface area is 109 Å². The van der Waals surface area contributed by atoms with Crippen molar-refractivity contribution in [2.45, 2.75) is 44.6 Å². The fourth-order valence-corrected chi connectivity index (χ4v) is 2.55. The lowest BCUT2D eigenvalue weighted by atomic mass is 9.95. The Hall–Kier alpha value is -1.35. The standard InChI is InChI=1S/C15H22N2O/c16-10-9-12-5-4-6-13(11-12)15(18)17-14-7-2-1-3-8-14/h4-6,11,14H,1-3,7-10,16H2,(H,17,18). The van der Waals surface area contributed by atoms with Gasteiger partial charge in [0, 0.05) is 11.6 Å². The highest BCUT2D eigenvalue weighted by atomic mass is 16.1. The van der Waals surface area contributed by atoms with Gasteiger partial charge in [0.05, 0.1) is 0 Å². The average Bonchev–Trinajstić information content (AvgIpc) is 2.40. The van der Waals surface area contributed by atoms with Gasteiger partial charge in [-0.1, -0.05) is 31.4 Å². The molecule has 0 saturated heterocycles. The van der Waals surface area contributed by atoms with Gasteiger partial charge in [-0.15, -0.1) is 0 Å². The van der Waals surface area contributed by atoms with Crippen LogP contribution in [-0.4, -0.2) is 18.5 Å². The van der Waals surface area contributed by atoms with Crippen molar-refractivity contribution >= 4 is 5.91 Å². The lowest BCUT2D eigenvalue weighted by Gasteiger charge is -2.22. The van der Waals surface area contributed by atoms with E-state index in [1.165, 1.54) is 19.3 Å². The molecule has 0 heterocycles. The van der Waals surface area contributed by atoms with Crippen LogP contribution in [0.25, 0.3) is 0 Å². The number of amides is 1. The van der Waals surface area contributed by atoms with Crippen LogP contribution in [0.1, 0.15) is 48.0 Å². The SMILES string of the molecule is NCCc1cccc(C(=O)NC2CCCCC2)c1. The first-order valence-electron chi connectivity index (χ1n) is 6.89. The molecule has 18 heavy (non-hydrogen) atoms. The maximum Gasteiger partial charge on any atom is 0.251 e. The van der Waals surface area contributed by atoms with Gasteiger partial charge < -0.3 is 11.1 Å². The molecule has 1 amide bonds. The predicted octanol–water partition coefficient (Wildman–Crippen LogP) is 2.25. The molecule has 1 saturated carbocycles. The Morgan fingerprint density at radius 3 is 2.78 bits per heavy atom. The maximum atomic E-state index is 12.1. The third-order valence-electron chi connectivity index (χ3n) is 3.56. The average molecular weight is 246 g/mol. The van der Waals surface area contributed by atoms with E-state index < -0.39 is 0 Å². The molecule has 1 aliphatic rings. The van der Waals surface area contributed by atoms with Gasteiger partial charge in [-0.05, 0) is 43.5 Å². The molecule has 0 aliphatic heterocycles. The van der Waals surface area contributed by atoms with Crippen LogP contribution in [0.3, 0.4) is 0 Å². The summed E-state index contributed by atoms with van der Waals surface area (Å²) in [5.41, 5.74) is 7.42. The topological polar surface area (TPSA) is 55.1 Å². The summed E-state index contributed by atoms with van der Waals surface area (Å²) >= 11 is 0. The Kier molecular flexibility index (Phi) is 4.76. The number of nitrogens with two attached hydrogens (primary N) is 1. The summed E-state index contributed by atoms with van der Waals surface area (Å²) in [6.45, 7) is 0.619. The van der Waals surface area contributed by atoms with Crippen LogP contribution in [0.4, 0.5) is 0 Å². The lowest BCUT2D eigenvalue weighted by molar-refractivity contribution is 0.0927. The zero-order valence-electron chi connectivity index (χ0n) is 10.8. The quantitative estimate of drug-likeness (QED) is 0.856. The Balaban J connectivity index is 1.96. The monoisotopic (exact) mass is 246 g/mol. The van der Waals surface area contributed by atoms with Crippen LogP contribution in [0.2, 0.25) is 0 Å². The highest BCUT2D eigenvalue weighted by Crippen LogP contribution is 2.18. The van der Waals surface area contributed by atoms with Crippen molar-refractivity contribution in [3.63, 3.8) is 0 Å². The molecule has 0 aromatic heterocycles. The van der Waals surface area contributed by atoms with Crippen LogP contribution in [0.15, 0.2) is 24.3 Å². The largest absolute Gasteiger partial charge is 0.349 e. The van der Waals surface area contributed by atoms with Crippen molar-refractivity contribution in [1.82, 2.24) is 5.32 Å². The third-order valence-corrected chi connectivity index (χ3v) is 3.56. The molecule has 1 fully saturated rings. The van der Waals surface area contributed by atoms with Gasteiger partial charge >= 0.3 is 0 Å². The van der Waals surface area contributed by atoms with E-state index in [9.17, 15) is 4.79 Å². The van der Waals surface area contributed by atoms with E-state index in [0.717, 1.165) is 30.4 Å². The van der Waals surface area contributed by atoms with Crippen LogP contribution < -0.4 is 11.1 Å². The Morgan fingerprint density at radius 2 is 2.06 bits per heavy atom. The zero-order valence-corrected chi connectivity index (χ0v) is 10.8. The van der Waals surface area contributed by atoms with Crippen LogP contribution >= 0.6 is 0 Å². The van der Waals surface area contributed by atoms with E-state index in [1.807, 2.05) is 24.3 Å². The molecule has 2 rings (SSSR count). The van der Waals surface area contributed by atoms with Gasteiger partial charge in [0.1, 0.15) is 0 Å². The van der Waals surface area contributed by atoms with Crippen LogP contribution in [0, 0.1) is 0 Å². The number of carbonyl (C=O) groups excluding carboxylic acids is 1. The van der Waals surface area contributed by atoms with Gasteiger partial charge in [0.2, 0.25) is 0 Å². The minimum absolute atomic E-state index is 0.0563. The van der Waals surface area contributed by atoms with E-state index in [4.69, 9.17) is 5.73 Å². The molecule has 1 aromatic rings. The summed E-state index contributed by atoms with van der Waals surface area (Å²) in [5.74, 6) is 0.0563. The lowest BCUT2D eigenvalue weighted by Crippen LogP contribution is -2.36. The van der Waals surface area contributed by atoms with Crippen LogP contribution in [-0.2, 0) is 6.42 Å². The summed E-state index contributed by atoms with van der Waals surface area (Å²) in [4.78, 5) is 12.1. The molecule has 1 aromatic carbocycles. The van der Waals surface area contributed by atoms with Gasteiger partial charge in [-0.25, -0.2) is 0 Å². The van der Waals surface area contributed by atoms with E-state index in [2.05, 4.69) is 5.32 Å². The number of nitrogens with one attached hydrogen (secondary N) is 1. The van der Waals surface area contributed by atoms with Crippen LogP contribution in [0.5, 0.6) is 0 Å². The van der Waals surface area contributed by atoms with E-state index in [-0.39, 0.29) is 5.91 Å². The molecule has 0 unspecified atom stereocenters. The zero-order chi connectivity index (χ0) is 12.8. The fraction of sp³-hybridized carbons (Fsp3) is 0.533. The Morgan fingerprint density at radius 1 is 1.28 bits per heavy atom. The molecular formula is C15H22N2O. The molecule has 98 valence electrons. The predicted molar refractivity (Wildman–Crippen MR) is 73.5 cm³/mol. The minimum Gasteiger partial charge on any atom is -0.349 e. The number of rotatable bonds is 4. The van der Waals surface area contributed by atoms with Gasteiger partial charge in [0.15, 0.2) is 0 Å². The van der Waals surface area contributed by atoms with Crippen molar-refractivity contribution in [2.75, 3.05) is 6.54 Å². The van der Waals surface area contributed by atoms with E-state index >= 15 is 0 Å². The summed E-state index contributed by atoms with van der Waals surface area (Å²) in [6, 6.07) is 8.14. The van der Waals surface area contributed by atoms with Crippen molar-refractivity contribution in [3.05, 3.63) is 35.4 Å². The molecule has 1 aliphatic carbocycles. The highest BCUT2D eigenvalue weighted by Gasteiger charge is 2.16. The van der Waals surface area contributed by atoms with E-state index in [1.54, 1.807) is 0 Å². The van der Waals surface area contributed by atoms with Crippen molar-refractivity contribution < 1.29 is 4.79 Å². The molecule has 0 bridgehead atoms. The summed E-state index contributed by atoms with van der Waals surface area (Å²) < 4.78 is 0. The molecule has 0 spiro atoms. The normalized spacial score (nSPS) is 16.5. The molecule has 0 atom stereocenters. The molecule has 0 radical (unpaired) electrons. The molecule has 3 heteroatoms. The third kappa shape index (κ3) is 3.57. The minimum atomic E-state index is 0.0563. The second-order valence-corrected chi connectivity index (χ2v) is 5.05. The van der Waals surface area contributed by atoms with Crippen molar-refractivity contribution in [2.24, 2.45) is 5.73 Å². The van der Waals surface area contributed by atoms with Gasteiger partial charge in [-0.2, -0.15) is 0 Å². The maximum absolute atomic E-state index is 12.1. The number of hydrogen-bond donors (Lipinski definition) is 2. The molecule has 3 N–H and O–H groups in total. The summed E-state index contributed by atoms with van der Waals surface area (Å²) in [7, 11) is 0. The first kappa shape index (κ1) is 13.1.